The Bertz CT molecular complexity index is 558. The maximum Gasteiger partial charge on any atom is 0.225 e. The molecule has 2 aromatic rings. The zero-order valence-electron chi connectivity index (χ0n) is 9.98. The van der Waals surface area contributed by atoms with Gasteiger partial charge in [0.15, 0.2) is 12.0 Å². The summed E-state index contributed by atoms with van der Waals surface area (Å²) in [5, 5.41) is 6.19. The van der Waals surface area contributed by atoms with Gasteiger partial charge in [-0.15, -0.1) is 0 Å². The summed E-state index contributed by atoms with van der Waals surface area (Å²) in [4.78, 5) is 15.9. The number of fused-ring (bicyclic) bond motifs is 1. The molecule has 2 heterocycles. The monoisotopic (exact) mass is 245 g/mol. The standard InChI is InChI=1S/C13H15N3O2/c17-13(7-9-2-1-5-14-9)16-10-3-4-11-12(6-10)18-8-15-11/h3-4,6,8-9,14H,1-2,5,7H2,(H,16,17). The summed E-state index contributed by atoms with van der Waals surface area (Å²) in [7, 11) is 0. The highest BCUT2D eigenvalue weighted by Crippen LogP contribution is 2.18. The van der Waals surface area contributed by atoms with Crippen molar-refractivity contribution in [3.05, 3.63) is 24.6 Å². The van der Waals surface area contributed by atoms with E-state index in [1.807, 2.05) is 12.1 Å². The van der Waals surface area contributed by atoms with Gasteiger partial charge in [0.1, 0.15) is 5.52 Å². The van der Waals surface area contributed by atoms with Gasteiger partial charge in [-0.25, -0.2) is 4.98 Å². The molecule has 0 radical (unpaired) electrons. The van der Waals surface area contributed by atoms with Crippen LogP contribution < -0.4 is 10.6 Å². The summed E-state index contributed by atoms with van der Waals surface area (Å²) in [6.07, 6.45) is 4.16. The fourth-order valence-corrected chi connectivity index (χ4v) is 2.30. The second-order valence-corrected chi connectivity index (χ2v) is 4.58. The van der Waals surface area contributed by atoms with Crippen LogP contribution in [-0.2, 0) is 4.79 Å². The first-order chi connectivity index (χ1) is 8.81. The number of rotatable bonds is 3. The molecule has 1 aliphatic heterocycles. The Kier molecular flexibility index (Phi) is 2.98. The number of carbonyl (C=O) groups is 1. The molecule has 0 spiro atoms. The van der Waals surface area contributed by atoms with Crippen LogP contribution in [0.1, 0.15) is 19.3 Å². The molecule has 2 N–H and O–H groups in total. The number of amides is 1. The number of aromatic nitrogens is 1. The lowest BCUT2D eigenvalue weighted by atomic mass is 10.1. The molecule has 1 unspecified atom stereocenters. The van der Waals surface area contributed by atoms with E-state index in [9.17, 15) is 4.79 Å². The van der Waals surface area contributed by atoms with Crippen molar-refractivity contribution in [1.29, 1.82) is 0 Å². The van der Waals surface area contributed by atoms with Gasteiger partial charge in [0, 0.05) is 24.2 Å². The highest BCUT2D eigenvalue weighted by atomic mass is 16.3. The van der Waals surface area contributed by atoms with Gasteiger partial charge < -0.3 is 15.1 Å². The van der Waals surface area contributed by atoms with Crippen molar-refractivity contribution in [2.75, 3.05) is 11.9 Å². The number of nitrogens with one attached hydrogen (secondary N) is 2. The van der Waals surface area contributed by atoms with E-state index >= 15 is 0 Å². The van der Waals surface area contributed by atoms with Gasteiger partial charge >= 0.3 is 0 Å². The number of carbonyl (C=O) groups excluding carboxylic acids is 1. The zero-order valence-corrected chi connectivity index (χ0v) is 9.98. The normalized spacial score (nSPS) is 19.2. The van der Waals surface area contributed by atoms with Crippen LogP contribution in [0.2, 0.25) is 0 Å². The molecule has 1 aliphatic rings. The Morgan fingerprint density at radius 1 is 1.56 bits per heavy atom. The van der Waals surface area contributed by atoms with Gasteiger partial charge in [-0.05, 0) is 31.5 Å². The number of nitrogens with zero attached hydrogens (tertiary/aromatic N) is 1. The summed E-state index contributed by atoms with van der Waals surface area (Å²) in [6.45, 7) is 1.02. The molecule has 1 amide bonds. The summed E-state index contributed by atoms with van der Waals surface area (Å²) >= 11 is 0. The van der Waals surface area contributed by atoms with Gasteiger partial charge in [-0.3, -0.25) is 4.79 Å². The molecule has 1 aromatic heterocycles. The third kappa shape index (κ3) is 2.36. The van der Waals surface area contributed by atoms with E-state index in [0.29, 0.717) is 18.0 Å². The number of oxazole rings is 1. The second-order valence-electron chi connectivity index (χ2n) is 4.58. The molecule has 0 saturated carbocycles. The Labute approximate surface area is 105 Å². The van der Waals surface area contributed by atoms with Crippen LogP contribution in [0.5, 0.6) is 0 Å². The van der Waals surface area contributed by atoms with E-state index < -0.39 is 0 Å². The first-order valence-corrected chi connectivity index (χ1v) is 6.18. The van der Waals surface area contributed by atoms with Crippen LogP contribution in [-0.4, -0.2) is 23.5 Å². The van der Waals surface area contributed by atoms with E-state index in [-0.39, 0.29) is 5.91 Å². The van der Waals surface area contributed by atoms with E-state index in [2.05, 4.69) is 15.6 Å². The van der Waals surface area contributed by atoms with Crippen LogP contribution in [0, 0.1) is 0 Å². The van der Waals surface area contributed by atoms with Crippen LogP contribution in [0.3, 0.4) is 0 Å². The zero-order chi connectivity index (χ0) is 12.4. The lowest BCUT2D eigenvalue weighted by molar-refractivity contribution is -0.116. The SMILES string of the molecule is O=C(CC1CCCN1)Nc1ccc2ncoc2c1. The van der Waals surface area contributed by atoms with Gasteiger partial charge in [-0.1, -0.05) is 0 Å². The average molecular weight is 245 g/mol. The first-order valence-electron chi connectivity index (χ1n) is 6.18. The van der Waals surface area contributed by atoms with E-state index in [0.717, 1.165) is 30.6 Å². The van der Waals surface area contributed by atoms with E-state index in [1.54, 1.807) is 6.07 Å². The predicted octanol–water partition coefficient (Wildman–Crippen LogP) is 1.91. The molecule has 5 heteroatoms. The Hall–Kier alpha value is -1.88. The quantitative estimate of drug-likeness (QED) is 0.866. The Morgan fingerprint density at radius 3 is 3.33 bits per heavy atom. The topological polar surface area (TPSA) is 67.2 Å². The molecular formula is C13H15N3O2. The Morgan fingerprint density at radius 2 is 2.50 bits per heavy atom. The Balaban J connectivity index is 1.65. The largest absolute Gasteiger partial charge is 0.443 e. The van der Waals surface area contributed by atoms with Crippen molar-refractivity contribution in [2.24, 2.45) is 0 Å². The smallest absolute Gasteiger partial charge is 0.225 e. The summed E-state index contributed by atoms with van der Waals surface area (Å²) < 4.78 is 5.20. The van der Waals surface area contributed by atoms with Crippen molar-refractivity contribution in [3.63, 3.8) is 0 Å². The van der Waals surface area contributed by atoms with Crippen molar-refractivity contribution < 1.29 is 9.21 Å². The van der Waals surface area contributed by atoms with Crippen molar-refractivity contribution in [1.82, 2.24) is 10.3 Å². The third-order valence-corrected chi connectivity index (χ3v) is 3.21. The number of hydrogen-bond donors (Lipinski definition) is 2. The minimum Gasteiger partial charge on any atom is -0.443 e. The van der Waals surface area contributed by atoms with Gasteiger partial charge in [0.05, 0.1) is 0 Å². The van der Waals surface area contributed by atoms with Gasteiger partial charge in [0.25, 0.3) is 0 Å². The van der Waals surface area contributed by atoms with E-state index in [1.165, 1.54) is 6.39 Å². The molecular weight excluding hydrogens is 230 g/mol. The summed E-state index contributed by atoms with van der Waals surface area (Å²) in [5.41, 5.74) is 2.24. The maximum atomic E-state index is 11.8. The molecule has 0 bridgehead atoms. The number of hydrogen-bond acceptors (Lipinski definition) is 4. The summed E-state index contributed by atoms with van der Waals surface area (Å²) in [6, 6.07) is 5.79. The molecule has 94 valence electrons. The van der Waals surface area contributed by atoms with Crippen molar-refractivity contribution >= 4 is 22.7 Å². The molecule has 1 aromatic carbocycles. The summed E-state index contributed by atoms with van der Waals surface area (Å²) in [5.74, 6) is 0.0354. The molecule has 0 aliphatic carbocycles. The van der Waals surface area contributed by atoms with Crippen molar-refractivity contribution in [2.45, 2.75) is 25.3 Å². The molecule has 3 rings (SSSR count). The third-order valence-electron chi connectivity index (χ3n) is 3.21. The molecule has 1 atom stereocenters. The number of anilines is 1. The minimum absolute atomic E-state index is 0.0354. The molecule has 18 heavy (non-hydrogen) atoms. The minimum atomic E-state index is 0.0354. The van der Waals surface area contributed by atoms with Crippen LogP contribution in [0.15, 0.2) is 29.0 Å². The molecule has 1 fully saturated rings. The van der Waals surface area contributed by atoms with Crippen LogP contribution in [0.4, 0.5) is 5.69 Å². The fourth-order valence-electron chi connectivity index (χ4n) is 2.30. The lowest BCUT2D eigenvalue weighted by Crippen LogP contribution is -2.27. The average Bonchev–Trinajstić information content (AvgIpc) is 2.98. The molecule has 1 saturated heterocycles. The predicted molar refractivity (Wildman–Crippen MR) is 68.3 cm³/mol. The molecule has 5 nitrogen and oxygen atoms in total. The highest BCUT2D eigenvalue weighted by molar-refractivity contribution is 5.93. The van der Waals surface area contributed by atoms with Gasteiger partial charge in [0.2, 0.25) is 5.91 Å². The lowest BCUT2D eigenvalue weighted by Gasteiger charge is -2.10. The van der Waals surface area contributed by atoms with Gasteiger partial charge in [-0.2, -0.15) is 0 Å². The number of benzene rings is 1. The first kappa shape index (κ1) is 11.2. The van der Waals surface area contributed by atoms with Crippen molar-refractivity contribution in [3.8, 4) is 0 Å². The van der Waals surface area contributed by atoms with E-state index in [4.69, 9.17) is 4.42 Å². The highest BCUT2D eigenvalue weighted by Gasteiger charge is 2.17. The van der Waals surface area contributed by atoms with Crippen LogP contribution >= 0.6 is 0 Å². The van der Waals surface area contributed by atoms with Crippen LogP contribution in [0.25, 0.3) is 11.1 Å². The fraction of sp³-hybridized carbons (Fsp3) is 0.385. The second kappa shape index (κ2) is 4.78. The maximum absolute atomic E-state index is 11.8.